The van der Waals surface area contributed by atoms with Gasteiger partial charge in [0.05, 0.1) is 32.0 Å². The van der Waals surface area contributed by atoms with Crippen molar-refractivity contribution >= 4 is 17.2 Å². The van der Waals surface area contributed by atoms with Crippen molar-refractivity contribution < 1.29 is 13.9 Å². The van der Waals surface area contributed by atoms with Gasteiger partial charge in [0.1, 0.15) is 11.5 Å². The SMILES string of the molecule is COc1ccccc1C(=O)N(Cc1ccco1)Cc1cccs1. The topological polar surface area (TPSA) is 42.7 Å². The Morgan fingerprint density at radius 1 is 1.13 bits per heavy atom. The summed E-state index contributed by atoms with van der Waals surface area (Å²) in [5.74, 6) is 1.25. The lowest BCUT2D eigenvalue weighted by atomic mass is 10.1. The summed E-state index contributed by atoms with van der Waals surface area (Å²) in [4.78, 5) is 15.9. The molecular weight excluding hydrogens is 310 g/mol. The molecule has 1 amide bonds. The number of benzene rings is 1. The van der Waals surface area contributed by atoms with Crippen LogP contribution in [-0.4, -0.2) is 17.9 Å². The van der Waals surface area contributed by atoms with E-state index in [1.165, 1.54) is 0 Å². The van der Waals surface area contributed by atoms with E-state index in [4.69, 9.17) is 9.15 Å². The highest BCUT2D eigenvalue weighted by Crippen LogP contribution is 2.23. The summed E-state index contributed by atoms with van der Waals surface area (Å²) in [5.41, 5.74) is 0.554. The lowest BCUT2D eigenvalue weighted by Gasteiger charge is -2.22. The highest BCUT2D eigenvalue weighted by molar-refractivity contribution is 7.09. The van der Waals surface area contributed by atoms with Crippen molar-refractivity contribution in [1.82, 2.24) is 4.90 Å². The van der Waals surface area contributed by atoms with Crippen LogP contribution in [0.2, 0.25) is 0 Å². The lowest BCUT2D eigenvalue weighted by molar-refractivity contribution is 0.0716. The minimum Gasteiger partial charge on any atom is -0.496 e. The Morgan fingerprint density at radius 2 is 2.00 bits per heavy atom. The largest absolute Gasteiger partial charge is 0.496 e. The smallest absolute Gasteiger partial charge is 0.258 e. The average Bonchev–Trinajstić information content (AvgIpc) is 3.27. The normalized spacial score (nSPS) is 10.5. The maximum absolute atomic E-state index is 13.0. The predicted molar refractivity (Wildman–Crippen MR) is 89.6 cm³/mol. The van der Waals surface area contributed by atoms with Gasteiger partial charge in [0.25, 0.3) is 5.91 Å². The van der Waals surface area contributed by atoms with E-state index >= 15 is 0 Å². The third-order valence-electron chi connectivity index (χ3n) is 3.48. The molecule has 3 aromatic rings. The van der Waals surface area contributed by atoms with E-state index in [0.29, 0.717) is 24.4 Å². The molecule has 0 unspecified atom stereocenters. The molecule has 3 rings (SSSR count). The molecular formula is C18H17NO3S. The maximum Gasteiger partial charge on any atom is 0.258 e. The number of hydrogen-bond acceptors (Lipinski definition) is 4. The van der Waals surface area contributed by atoms with Crippen LogP contribution in [0.25, 0.3) is 0 Å². The summed E-state index contributed by atoms with van der Waals surface area (Å²) in [6.45, 7) is 0.955. The fourth-order valence-corrected chi connectivity index (χ4v) is 3.09. The molecule has 0 spiro atoms. The number of carbonyl (C=O) groups excluding carboxylic acids is 1. The summed E-state index contributed by atoms with van der Waals surface area (Å²) in [6, 6.07) is 15.0. The zero-order valence-corrected chi connectivity index (χ0v) is 13.6. The first kappa shape index (κ1) is 15.4. The highest BCUT2D eigenvalue weighted by atomic mass is 32.1. The third kappa shape index (κ3) is 3.63. The molecule has 0 saturated carbocycles. The molecule has 0 aliphatic rings. The Labute approximate surface area is 138 Å². The van der Waals surface area contributed by atoms with E-state index in [1.54, 1.807) is 41.7 Å². The van der Waals surface area contributed by atoms with E-state index in [2.05, 4.69) is 0 Å². The summed E-state index contributed by atoms with van der Waals surface area (Å²) in [6.07, 6.45) is 1.62. The van der Waals surface area contributed by atoms with Crippen molar-refractivity contribution in [1.29, 1.82) is 0 Å². The molecule has 0 radical (unpaired) electrons. The Kier molecular flexibility index (Phi) is 4.78. The number of carbonyl (C=O) groups is 1. The van der Waals surface area contributed by atoms with Gasteiger partial charge in [0.2, 0.25) is 0 Å². The number of nitrogens with zero attached hydrogens (tertiary/aromatic N) is 1. The van der Waals surface area contributed by atoms with Crippen LogP contribution >= 0.6 is 11.3 Å². The second kappa shape index (κ2) is 7.15. The fourth-order valence-electron chi connectivity index (χ4n) is 2.37. The van der Waals surface area contributed by atoms with Gasteiger partial charge in [0.15, 0.2) is 0 Å². The van der Waals surface area contributed by atoms with Crippen LogP contribution in [0.4, 0.5) is 0 Å². The summed E-state index contributed by atoms with van der Waals surface area (Å²) >= 11 is 1.63. The van der Waals surface area contributed by atoms with Crippen LogP contribution in [0, 0.1) is 0 Å². The second-order valence-corrected chi connectivity index (χ2v) is 6.05. The minimum atomic E-state index is -0.0766. The molecule has 0 atom stereocenters. The highest BCUT2D eigenvalue weighted by Gasteiger charge is 2.21. The molecule has 2 heterocycles. The number of ether oxygens (including phenoxy) is 1. The standard InChI is InChI=1S/C18H17NO3S/c1-21-17-9-3-2-8-16(17)18(20)19(12-14-6-4-10-22-14)13-15-7-5-11-23-15/h2-11H,12-13H2,1H3. The zero-order valence-electron chi connectivity index (χ0n) is 12.8. The molecule has 0 fully saturated rings. The first-order valence-electron chi connectivity index (χ1n) is 7.25. The number of rotatable bonds is 6. The molecule has 23 heavy (non-hydrogen) atoms. The van der Waals surface area contributed by atoms with Gasteiger partial charge >= 0.3 is 0 Å². The van der Waals surface area contributed by atoms with E-state index in [-0.39, 0.29) is 5.91 Å². The fraction of sp³-hybridized carbons (Fsp3) is 0.167. The first-order chi connectivity index (χ1) is 11.3. The molecule has 2 aromatic heterocycles. The van der Waals surface area contributed by atoms with Gasteiger partial charge in [-0.15, -0.1) is 11.3 Å². The molecule has 0 bridgehead atoms. The van der Waals surface area contributed by atoms with E-state index < -0.39 is 0 Å². The van der Waals surface area contributed by atoms with Crippen LogP contribution in [-0.2, 0) is 13.1 Å². The van der Waals surface area contributed by atoms with E-state index in [9.17, 15) is 4.79 Å². The van der Waals surface area contributed by atoms with Gasteiger partial charge in [-0.1, -0.05) is 18.2 Å². The van der Waals surface area contributed by atoms with E-state index in [0.717, 1.165) is 10.6 Å². The number of amides is 1. The molecule has 0 aliphatic heterocycles. The van der Waals surface area contributed by atoms with E-state index in [1.807, 2.05) is 41.8 Å². The van der Waals surface area contributed by atoms with Gasteiger partial charge < -0.3 is 14.1 Å². The van der Waals surface area contributed by atoms with Gasteiger partial charge in [-0.3, -0.25) is 4.79 Å². The van der Waals surface area contributed by atoms with Crippen LogP contribution in [0.1, 0.15) is 21.0 Å². The maximum atomic E-state index is 13.0. The Morgan fingerprint density at radius 3 is 2.70 bits per heavy atom. The van der Waals surface area contributed by atoms with Crippen LogP contribution in [0.15, 0.2) is 64.6 Å². The zero-order chi connectivity index (χ0) is 16.1. The molecule has 1 aromatic carbocycles. The Hall–Kier alpha value is -2.53. The number of methoxy groups -OCH3 is 1. The van der Waals surface area contributed by atoms with Crippen molar-refractivity contribution in [3.63, 3.8) is 0 Å². The van der Waals surface area contributed by atoms with Crippen LogP contribution in [0.5, 0.6) is 5.75 Å². The van der Waals surface area contributed by atoms with Crippen molar-refractivity contribution in [2.24, 2.45) is 0 Å². The number of furan rings is 1. The van der Waals surface area contributed by atoms with Crippen LogP contribution in [0.3, 0.4) is 0 Å². The molecule has 118 valence electrons. The molecule has 0 saturated heterocycles. The number of para-hydroxylation sites is 1. The minimum absolute atomic E-state index is 0.0766. The number of hydrogen-bond donors (Lipinski definition) is 0. The number of thiophene rings is 1. The Bertz CT molecular complexity index is 714. The monoisotopic (exact) mass is 327 g/mol. The van der Waals surface area contributed by atoms with Crippen molar-refractivity contribution in [3.8, 4) is 5.75 Å². The van der Waals surface area contributed by atoms with Gasteiger partial charge in [-0.25, -0.2) is 0 Å². The van der Waals surface area contributed by atoms with Gasteiger partial charge in [-0.05, 0) is 35.7 Å². The summed E-state index contributed by atoms with van der Waals surface area (Å²) < 4.78 is 10.7. The van der Waals surface area contributed by atoms with Gasteiger partial charge in [-0.2, -0.15) is 0 Å². The molecule has 0 aliphatic carbocycles. The average molecular weight is 327 g/mol. The van der Waals surface area contributed by atoms with Crippen molar-refractivity contribution in [3.05, 3.63) is 76.4 Å². The van der Waals surface area contributed by atoms with Gasteiger partial charge in [0, 0.05) is 4.88 Å². The molecule has 4 nitrogen and oxygen atoms in total. The summed E-state index contributed by atoms with van der Waals surface area (Å²) in [5, 5.41) is 2.01. The van der Waals surface area contributed by atoms with Crippen LogP contribution < -0.4 is 4.74 Å². The second-order valence-electron chi connectivity index (χ2n) is 5.02. The first-order valence-corrected chi connectivity index (χ1v) is 8.13. The molecule has 0 N–H and O–H groups in total. The Balaban J connectivity index is 1.88. The molecule has 5 heteroatoms. The lowest BCUT2D eigenvalue weighted by Crippen LogP contribution is -2.30. The quantitative estimate of drug-likeness (QED) is 0.682. The third-order valence-corrected chi connectivity index (χ3v) is 4.34. The summed E-state index contributed by atoms with van der Waals surface area (Å²) in [7, 11) is 1.57. The van der Waals surface area contributed by atoms with Crippen molar-refractivity contribution in [2.45, 2.75) is 13.1 Å². The van der Waals surface area contributed by atoms with Crippen molar-refractivity contribution in [2.75, 3.05) is 7.11 Å². The predicted octanol–water partition coefficient (Wildman–Crippen LogP) is 4.19.